The van der Waals surface area contributed by atoms with Crippen LogP contribution in [0.4, 0.5) is 18.9 Å². The third kappa shape index (κ3) is 5.19. The standard InChI is InChI=1S/C29H26F3N3O4S/c30-29(31,32)20-10-4-9-19(14-20)24-22(15-18-8-3-7-17-6-1-2-11-21(17)18)25(33)26(37)35-23(28(38)39)16-34(12-5-13-36)40-27(24)35/h1-4,6-11,14,23,36H,5,12-13,15-16,33H2,(H,38,39). The quantitative estimate of drug-likeness (QED) is 0.263. The number of aromatic nitrogens is 1. The molecule has 1 aliphatic rings. The van der Waals surface area contributed by atoms with Crippen LogP contribution in [0.15, 0.2) is 76.6 Å². The van der Waals surface area contributed by atoms with Crippen molar-refractivity contribution in [1.29, 1.82) is 0 Å². The highest BCUT2D eigenvalue weighted by atomic mass is 32.2. The first-order valence-corrected chi connectivity index (χ1v) is 13.3. The summed E-state index contributed by atoms with van der Waals surface area (Å²) in [5.41, 5.74) is 6.23. The Kier molecular flexibility index (Phi) is 7.63. The largest absolute Gasteiger partial charge is 0.480 e. The zero-order valence-electron chi connectivity index (χ0n) is 21.2. The van der Waals surface area contributed by atoms with E-state index in [-0.39, 0.29) is 41.4 Å². The number of rotatable bonds is 7. The summed E-state index contributed by atoms with van der Waals surface area (Å²) in [6.07, 6.45) is -4.13. The summed E-state index contributed by atoms with van der Waals surface area (Å²) in [5, 5.41) is 21.4. The molecule has 11 heteroatoms. The van der Waals surface area contributed by atoms with Gasteiger partial charge in [-0.2, -0.15) is 13.2 Å². The van der Waals surface area contributed by atoms with Gasteiger partial charge in [-0.15, -0.1) is 0 Å². The minimum atomic E-state index is -4.62. The van der Waals surface area contributed by atoms with Crippen molar-refractivity contribution in [3.8, 4) is 11.1 Å². The minimum Gasteiger partial charge on any atom is -0.480 e. The summed E-state index contributed by atoms with van der Waals surface area (Å²) in [7, 11) is 0. The summed E-state index contributed by atoms with van der Waals surface area (Å²) >= 11 is 1.09. The lowest BCUT2D eigenvalue weighted by atomic mass is 9.92. The molecule has 5 rings (SSSR count). The van der Waals surface area contributed by atoms with Crippen LogP contribution in [0.25, 0.3) is 21.9 Å². The second kappa shape index (κ2) is 11.0. The van der Waals surface area contributed by atoms with Crippen LogP contribution in [0.1, 0.15) is 29.2 Å². The van der Waals surface area contributed by atoms with Gasteiger partial charge in [-0.25, -0.2) is 9.10 Å². The molecule has 0 radical (unpaired) electrons. The molecule has 7 nitrogen and oxygen atoms in total. The highest BCUT2D eigenvalue weighted by molar-refractivity contribution is 7.97. The number of aliphatic hydroxyl groups excluding tert-OH is 1. The Morgan fingerprint density at radius 1 is 1.07 bits per heavy atom. The number of halogens is 3. The molecular formula is C29H26F3N3O4S. The number of carbonyl (C=O) groups is 1. The van der Waals surface area contributed by atoms with Gasteiger partial charge < -0.3 is 15.9 Å². The first kappa shape index (κ1) is 27.8. The predicted molar refractivity (Wildman–Crippen MR) is 148 cm³/mol. The predicted octanol–water partition coefficient (Wildman–Crippen LogP) is 5.19. The summed E-state index contributed by atoms with van der Waals surface area (Å²) in [4.78, 5) is 26.0. The fourth-order valence-corrected chi connectivity index (χ4v) is 6.40. The minimum absolute atomic E-state index is 0.0446. The van der Waals surface area contributed by atoms with E-state index in [0.29, 0.717) is 18.5 Å². The van der Waals surface area contributed by atoms with E-state index >= 15 is 0 Å². The average molecular weight is 570 g/mol. The maximum Gasteiger partial charge on any atom is 0.416 e. The Labute approximate surface area is 231 Å². The fourth-order valence-electron chi connectivity index (χ4n) is 5.08. The second-order valence-electron chi connectivity index (χ2n) is 9.55. The molecule has 1 atom stereocenters. The number of nitrogens with two attached hydrogens (primary N) is 1. The Balaban J connectivity index is 1.81. The third-order valence-electron chi connectivity index (χ3n) is 6.99. The van der Waals surface area contributed by atoms with Crippen molar-refractivity contribution >= 4 is 34.4 Å². The molecule has 1 aromatic heterocycles. The molecule has 1 unspecified atom stereocenters. The lowest BCUT2D eigenvalue weighted by Gasteiger charge is -2.35. The number of hydrogen-bond donors (Lipinski definition) is 3. The third-order valence-corrected chi connectivity index (χ3v) is 8.15. The van der Waals surface area contributed by atoms with Crippen molar-refractivity contribution in [1.82, 2.24) is 8.87 Å². The topological polar surface area (TPSA) is 109 Å². The summed E-state index contributed by atoms with van der Waals surface area (Å²) in [6, 6.07) is 16.7. The van der Waals surface area contributed by atoms with Crippen molar-refractivity contribution in [2.45, 2.75) is 30.1 Å². The number of benzene rings is 3. The molecule has 0 spiro atoms. The first-order chi connectivity index (χ1) is 19.1. The molecule has 4 N–H and O–H groups in total. The van der Waals surface area contributed by atoms with Crippen LogP contribution in [0, 0.1) is 0 Å². The van der Waals surface area contributed by atoms with E-state index in [0.717, 1.165) is 45.0 Å². The van der Waals surface area contributed by atoms with E-state index in [2.05, 4.69) is 0 Å². The van der Waals surface area contributed by atoms with Gasteiger partial charge in [0.15, 0.2) is 0 Å². The number of pyridine rings is 1. The lowest BCUT2D eigenvalue weighted by molar-refractivity contribution is -0.141. The van der Waals surface area contributed by atoms with Gasteiger partial charge in [-0.05, 0) is 58.0 Å². The lowest BCUT2D eigenvalue weighted by Crippen LogP contribution is -2.43. The average Bonchev–Trinajstić information content (AvgIpc) is 2.94. The van der Waals surface area contributed by atoms with E-state index in [1.165, 1.54) is 12.1 Å². The molecule has 40 heavy (non-hydrogen) atoms. The van der Waals surface area contributed by atoms with Crippen molar-refractivity contribution in [3.05, 3.63) is 93.8 Å². The van der Waals surface area contributed by atoms with E-state index < -0.39 is 29.3 Å². The number of hydrogen-bond acceptors (Lipinski definition) is 6. The molecule has 3 aromatic carbocycles. The van der Waals surface area contributed by atoms with Gasteiger partial charge in [0.05, 0.1) is 5.56 Å². The smallest absolute Gasteiger partial charge is 0.416 e. The van der Waals surface area contributed by atoms with Gasteiger partial charge in [0, 0.05) is 31.7 Å². The van der Waals surface area contributed by atoms with Crippen LogP contribution in [0.2, 0.25) is 0 Å². The summed E-state index contributed by atoms with van der Waals surface area (Å²) in [6.45, 7) is 0.136. The molecule has 4 aromatic rings. The molecule has 0 bridgehead atoms. The molecule has 208 valence electrons. The van der Waals surface area contributed by atoms with Crippen LogP contribution in [-0.2, 0) is 17.4 Å². The number of carboxylic acids is 1. The van der Waals surface area contributed by atoms with Crippen molar-refractivity contribution in [2.24, 2.45) is 0 Å². The Morgan fingerprint density at radius 2 is 1.80 bits per heavy atom. The van der Waals surface area contributed by atoms with E-state index in [4.69, 9.17) is 5.73 Å². The van der Waals surface area contributed by atoms with Crippen molar-refractivity contribution in [2.75, 3.05) is 25.4 Å². The van der Waals surface area contributed by atoms with E-state index in [1.807, 2.05) is 42.5 Å². The monoisotopic (exact) mass is 569 g/mol. The fraction of sp³-hybridized carbons (Fsp3) is 0.241. The van der Waals surface area contributed by atoms with Crippen LogP contribution in [0.5, 0.6) is 0 Å². The normalized spacial score (nSPS) is 15.8. The van der Waals surface area contributed by atoms with Crippen LogP contribution in [0.3, 0.4) is 0 Å². The van der Waals surface area contributed by atoms with Crippen molar-refractivity contribution in [3.63, 3.8) is 0 Å². The summed E-state index contributed by atoms with van der Waals surface area (Å²) in [5.74, 6) is -1.27. The van der Waals surface area contributed by atoms with E-state index in [9.17, 15) is 33.0 Å². The molecular weight excluding hydrogens is 543 g/mol. The van der Waals surface area contributed by atoms with E-state index in [1.54, 1.807) is 4.31 Å². The van der Waals surface area contributed by atoms with Gasteiger partial charge in [0.2, 0.25) is 0 Å². The molecule has 0 fully saturated rings. The number of nitrogens with zero attached hydrogens (tertiary/aromatic N) is 2. The number of nitrogen functional groups attached to an aromatic ring is 1. The van der Waals surface area contributed by atoms with Crippen LogP contribution >= 0.6 is 11.9 Å². The van der Waals surface area contributed by atoms with Gasteiger partial charge in [-0.1, -0.05) is 54.6 Å². The number of carboxylic acid groups (broad SMARTS) is 1. The zero-order chi connectivity index (χ0) is 28.6. The van der Waals surface area contributed by atoms with Crippen LogP contribution < -0.4 is 11.3 Å². The summed E-state index contributed by atoms with van der Waals surface area (Å²) < 4.78 is 44.1. The second-order valence-corrected chi connectivity index (χ2v) is 10.6. The highest BCUT2D eigenvalue weighted by Gasteiger charge is 2.37. The Bertz CT molecular complexity index is 1650. The van der Waals surface area contributed by atoms with Crippen LogP contribution in [-0.4, -0.2) is 44.8 Å². The molecule has 0 saturated heterocycles. The van der Waals surface area contributed by atoms with Gasteiger partial charge in [0.25, 0.3) is 5.56 Å². The molecule has 0 aliphatic carbocycles. The highest BCUT2D eigenvalue weighted by Crippen LogP contribution is 2.44. The SMILES string of the molecule is Nc1c(Cc2cccc3ccccc23)c(-c2cccc(C(F)(F)F)c2)c2n(c1=O)C(C(=O)O)CN(CCCO)S2. The zero-order valence-corrected chi connectivity index (χ0v) is 22.0. The molecule has 0 saturated carbocycles. The molecule has 0 amide bonds. The number of anilines is 1. The Morgan fingerprint density at radius 3 is 2.52 bits per heavy atom. The number of fused-ring (bicyclic) bond motifs is 2. The van der Waals surface area contributed by atoms with Gasteiger partial charge in [0.1, 0.15) is 16.8 Å². The first-order valence-electron chi connectivity index (χ1n) is 12.6. The number of aliphatic carboxylic acids is 1. The van der Waals surface area contributed by atoms with Gasteiger partial charge >= 0.3 is 12.1 Å². The molecule has 2 heterocycles. The van der Waals surface area contributed by atoms with Crippen molar-refractivity contribution < 1.29 is 28.2 Å². The Hall–Kier alpha value is -3.80. The number of alkyl halides is 3. The maximum atomic E-state index is 13.8. The number of aliphatic hydroxyl groups is 1. The van der Waals surface area contributed by atoms with Gasteiger partial charge in [-0.3, -0.25) is 9.36 Å². The molecule has 1 aliphatic heterocycles. The maximum absolute atomic E-state index is 13.8.